The molecule has 0 fully saturated rings. The van der Waals surface area contributed by atoms with Gasteiger partial charge in [0.2, 0.25) is 0 Å². The number of hydrogen-bond donors (Lipinski definition) is 0. The van der Waals surface area contributed by atoms with Crippen LogP contribution in [-0.4, -0.2) is 4.92 Å². The van der Waals surface area contributed by atoms with Gasteiger partial charge in [0, 0.05) is 6.08 Å². The van der Waals surface area contributed by atoms with Gasteiger partial charge in [0.05, 0.1) is 4.92 Å². The molecule has 0 saturated heterocycles. The summed E-state index contributed by atoms with van der Waals surface area (Å²) >= 11 is 0. The van der Waals surface area contributed by atoms with Crippen molar-refractivity contribution in [3.05, 3.63) is 46.7 Å². The molecule has 0 heterocycles. The van der Waals surface area contributed by atoms with E-state index >= 15 is 0 Å². The summed E-state index contributed by atoms with van der Waals surface area (Å²) in [5.41, 5.74) is 0.745. The Kier molecular flexibility index (Phi) is 3.97. The molecule has 0 spiro atoms. The molecule has 0 atom stereocenters. The zero-order chi connectivity index (χ0) is 9.72. The van der Waals surface area contributed by atoms with Gasteiger partial charge in [-0.15, -0.1) is 0 Å². The minimum Gasteiger partial charge on any atom is -0.258 e. The van der Waals surface area contributed by atoms with Crippen LogP contribution in [0.2, 0.25) is 0 Å². The molecule has 0 aromatic carbocycles. The number of nitro groups is 1. The maximum atomic E-state index is 10.1. The first-order valence-electron chi connectivity index (χ1n) is 3.65. The van der Waals surface area contributed by atoms with Gasteiger partial charge in [0.15, 0.2) is 0 Å². The predicted octanol–water partition coefficient (Wildman–Crippen LogP) is 2.55. The average Bonchev–Trinajstić information content (AvgIpc) is 1.98. The molecule has 66 valence electrons. The standard InChI is InChI=1S/C9H13NO2/c1-7(2)8(3)5-6-9(4)10(11)12/h5-7H,3-4H2,1-2H3/b6-5-. The molecule has 0 unspecified atom stereocenters. The third kappa shape index (κ3) is 3.71. The lowest BCUT2D eigenvalue weighted by atomic mass is 10.1. The summed E-state index contributed by atoms with van der Waals surface area (Å²) in [6.45, 7) is 10.9. The van der Waals surface area contributed by atoms with E-state index in [9.17, 15) is 10.1 Å². The Bertz CT molecular complexity index is 239. The van der Waals surface area contributed by atoms with Crippen LogP contribution < -0.4 is 0 Å². The van der Waals surface area contributed by atoms with Crippen LogP contribution in [0.4, 0.5) is 0 Å². The summed E-state index contributed by atoms with van der Waals surface area (Å²) in [5.74, 6) is 0.306. The molecular weight excluding hydrogens is 154 g/mol. The van der Waals surface area contributed by atoms with E-state index in [0.29, 0.717) is 5.92 Å². The van der Waals surface area contributed by atoms with E-state index in [2.05, 4.69) is 13.2 Å². The average molecular weight is 167 g/mol. The number of allylic oxidation sites excluding steroid dienone is 3. The van der Waals surface area contributed by atoms with Gasteiger partial charge in [-0.2, -0.15) is 0 Å². The van der Waals surface area contributed by atoms with E-state index in [-0.39, 0.29) is 5.70 Å². The highest BCUT2D eigenvalue weighted by molar-refractivity contribution is 5.21. The van der Waals surface area contributed by atoms with Crippen LogP contribution in [0.3, 0.4) is 0 Å². The van der Waals surface area contributed by atoms with Crippen LogP contribution in [0.25, 0.3) is 0 Å². The third-order valence-corrected chi connectivity index (χ3v) is 1.47. The van der Waals surface area contributed by atoms with Crippen molar-refractivity contribution < 1.29 is 4.92 Å². The zero-order valence-corrected chi connectivity index (χ0v) is 7.41. The second-order valence-corrected chi connectivity index (χ2v) is 2.81. The van der Waals surface area contributed by atoms with Gasteiger partial charge in [-0.3, -0.25) is 10.1 Å². The summed E-state index contributed by atoms with van der Waals surface area (Å²) in [5, 5.41) is 10.1. The Hall–Kier alpha value is -1.38. The van der Waals surface area contributed by atoms with E-state index in [1.807, 2.05) is 13.8 Å². The highest BCUT2D eigenvalue weighted by Crippen LogP contribution is 2.08. The highest BCUT2D eigenvalue weighted by Gasteiger charge is 2.01. The van der Waals surface area contributed by atoms with Crippen molar-refractivity contribution in [3.8, 4) is 0 Å². The van der Waals surface area contributed by atoms with Crippen LogP contribution in [0.1, 0.15) is 13.8 Å². The predicted molar refractivity (Wildman–Crippen MR) is 49.3 cm³/mol. The van der Waals surface area contributed by atoms with Crippen molar-refractivity contribution in [1.82, 2.24) is 0 Å². The molecule has 0 saturated carbocycles. The molecule has 0 radical (unpaired) electrons. The molecule has 0 aliphatic heterocycles. The summed E-state index contributed by atoms with van der Waals surface area (Å²) in [6, 6.07) is 0. The first-order chi connectivity index (χ1) is 5.45. The van der Waals surface area contributed by atoms with Gasteiger partial charge in [0.1, 0.15) is 0 Å². The van der Waals surface area contributed by atoms with Gasteiger partial charge >= 0.3 is 0 Å². The van der Waals surface area contributed by atoms with Crippen LogP contribution in [0.5, 0.6) is 0 Å². The van der Waals surface area contributed by atoms with Crippen LogP contribution in [-0.2, 0) is 0 Å². The minimum absolute atomic E-state index is 0.114. The fraction of sp³-hybridized carbons (Fsp3) is 0.333. The topological polar surface area (TPSA) is 43.1 Å². The highest BCUT2D eigenvalue weighted by atomic mass is 16.6. The number of hydrogen-bond acceptors (Lipinski definition) is 2. The summed E-state index contributed by atoms with van der Waals surface area (Å²) in [6.07, 6.45) is 2.98. The van der Waals surface area contributed by atoms with Gasteiger partial charge in [-0.1, -0.05) is 32.1 Å². The Morgan fingerprint density at radius 3 is 2.25 bits per heavy atom. The van der Waals surface area contributed by atoms with Crippen molar-refractivity contribution in [2.75, 3.05) is 0 Å². The fourth-order valence-electron chi connectivity index (χ4n) is 0.457. The summed E-state index contributed by atoms with van der Waals surface area (Å²) < 4.78 is 0. The summed E-state index contributed by atoms with van der Waals surface area (Å²) in [4.78, 5) is 9.58. The van der Waals surface area contributed by atoms with Crippen molar-refractivity contribution in [2.45, 2.75) is 13.8 Å². The third-order valence-electron chi connectivity index (χ3n) is 1.47. The molecule has 0 rings (SSSR count). The van der Waals surface area contributed by atoms with E-state index < -0.39 is 4.92 Å². The number of rotatable bonds is 4. The Labute approximate surface area is 72.2 Å². The van der Waals surface area contributed by atoms with Gasteiger partial charge in [-0.25, -0.2) is 0 Å². The normalized spacial score (nSPS) is 10.6. The lowest BCUT2D eigenvalue weighted by Gasteiger charge is -2.01. The first kappa shape index (κ1) is 10.6. The lowest BCUT2D eigenvalue weighted by molar-refractivity contribution is -0.418. The van der Waals surface area contributed by atoms with Crippen molar-refractivity contribution >= 4 is 0 Å². The van der Waals surface area contributed by atoms with Crippen LogP contribution in [0, 0.1) is 16.0 Å². The molecule has 0 bridgehead atoms. The van der Waals surface area contributed by atoms with Crippen LogP contribution in [0.15, 0.2) is 36.6 Å². The van der Waals surface area contributed by atoms with Gasteiger partial charge in [0.25, 0.3) is 5.70 Å². The molecule has 0 aliphatic rings. The molecule has 0 aliphatic carbocycles. The Balaban J connectivity index is 4.17. The monoisotopic (exact) mass is 167 g/mol. The van der Waals surface area contributed by atoms with E-state index in [0.717, 1.165) is 5.57 Å². The van der Waals surface area contributed by atoms with Crippen molar-refractivity contribution in [3.63, 3.8) is 0 Å². The first-order valence-corrected chi connectivity index (χ1v) is 3.65. The molecule has 0 amide bonds. The molecule has 0 aromatic rings. The van der Waals surface area contributed by atoms with Gasteiger partial charge in [-0.05, 0) is 12.5 Å². The molecule has 0 aromatic heterocycles. The fourth-order valence-corrected chi connectivity index (χ4v) is 0.457. The van der Waals surface area contributed by atoms with E-state index in [1.54, 1.807) is 6.08 Å². The lowest BCUT2D eigenvalue weighted by Crippen LogP contribution is -1.94. The molecule has 12 heavy (non-hydrogen) atoms. The van der Waals surface area contributed by atoms with Crippen molar-refractivity contribution in [2.24, 2.45) is 5.92 Å². The molecule has 3 heteroatoms. The number of nitrogens with zero attached hydrogens (tertiary/aromatic N) is 1. The van der Waals surface area contributed by atoms with E-state index in [1.165, 1.54) is 6.08 Å². The minimum atomic E-state index is -0.524. The zero-order valence-electron chi connectivity index (χ0n) is 7.41. The molecular formula is C9H13NO2. The molecule has 0 N–H and O–H groups in total. The Morgan fingerprint density at radius 1 is 1.42 bits per heavy atom. The second-order valence-electron chi connectivity index (χ2n) is 2.81. The Morgan fingerprint density at radius 2 is 1.92 bits per heavy atom. The van der Waals surface area contributed by atoms with Gasteiger partial charge < -0.3 is 0 Å². The van der Waals surface area contributed by atoms with Crippen LogP contribution >= 0.6 is 0 Å². The second kappa shape index (κ2) is 4.49. The maximum Gasteiger partial charge on any atom is 0.262 e. The quantitative estimate of drug-likeness (QED) is 0.367. The summed E-state index contributed by atoms with van der Waals surface area (Å²) in [7, 11) is 0. The largest absolute Gasteiger partial charge is 0.262 e. The van der Waals surface area contributed by atoms with E-state index in [4.69, 9.17) is 0 Å². The maximum absolute atomic E-state index is 10.1. The SMILES string of the molecule is C=C(/C=C\C(=C)[N+](=O)[O-])C(C)C. The molecule has 3 nitrogen and oxygen atoms in total. The smallest absolute Gasteiger partial charge is 0.258 e. The van der Waals surface area contributed by atoms with Crippen molar-refractivity contribution in [1.29, 1.82) is 0 Å².